The van der Waals surface area contributed by atoms with Crippen molar-refractivity contribution in [1.82, 2.24) is 10.2 Å². The summed E-state index contributed by atoms with van der Waals surface area (Å²) in [5, 5.41) is 3.57. The lowest BCUT2D eigenvalue weighted by Crippen LogP contribution is -2.50. The van der Waals surface area contributed by atoms with Gasteiger partial charge in [0, 0.05) is 17.6 Å². The summed E-state index contributed by atoms with van der Waals surface area (Å²) in [6, 6.07) is 10.9. The Labute approximate surface area is 184 Å². The normalized spacial score (nSPS) is 11.9. The Bertz CT molecular complexity index is 871. The van der Waals surface area contributed by atoms with Crippen molar-refractivity contribution in [2.75, 3.05) is 6.61 Å². The highest BCUT2D eigenvalue weighted by molar-refractivity contribution is 6.32. The number of nitrogens with one attached hydrogen (secondary N) is 1. The van der Waals surface area contributed by atoms with Gasteiger partial charge in [-0.15, -0.1) is 0 Å². The number of nitrogens with zero attached hydrogens (tertiary/aromatic N) is 1. The number of hydrogen-bond acceptors (Lipinski definition) is 3. The molecule has 0 saturated heterocycles. The van der Waals surface area contributed by atoms with Gasteiger partial charge in [0.2, 0.25) is 5.91 Å². The fourth-order valence-corrected chi connectivity index (χ4v) is 3.20. The third-order valence-corrected chi connectivity index (χ3v) is 5.44. The quantitative estimate of drug-likeness (QED) is 0.666. The van der Waals surface area contributed by atoms with Crippen molar-refractivity contribution in [2.45, 2.75) is 60.2 Å². The van der Waals surface area contributed by atoms with Gasteiger partial charge in [0.15, 0.2) is 6.61 Å². The van der Waals surface area contributed by atoms with E-state index in [4.69, 9.17) is 16.3 Å². The highest BCUT2D eigenvalue weighted by Gasteiger charge is 2.27. The summed E-state index contributed by atoms with van der Waals surface area (Å²) in [5.41, 5.74) is 3.87. The van der Waals surface area contributed by atoms with E-state index in [-0.39, 0.29) is 24.5 Å². The SMILES string of the molecule is Cc1ccc(CN(C(=O)COc2cc(C)c(Cl)c(C)c2)[C@H](C)C(=O)NC(C)C)cc1. The van der Waals surface area contributed by atoms with Crippen LogP contribution in [0.1, 0.15) is 43.0 Å². The molecule has 0 aromatic heterocycles. The van der Waals surface area contributed by atoms with Gasteiger partial charge >= 0.3 is 0 Å². The summed E-state index contributed by atoms with van der Waals surface area (Å²) in [6.07, 6.45) is 0. The molecule has 2 rings (SSSR count). The summed E-state index contributed by atoms with van der Waals surface area (Å²) in [5.74, 6) is 0.133. The van der Waals surface area contributed by atoms with E-state index in [1.165, 1.54) is 0 Å². The molecule has 0 fully saturated rings. The van der Waals surface area contributed by atoms with Crippen LogP contribution in [0.3, 0.4) is 0 Å². The van der Waals surface area contributed by atoms with Gasteiger partial charge in [0.1, 0.15) is 11.8 Å². The summed E-state index contributed by atoms with van der Waals surface area (Å²) in [6.45, 7) is 11.5. The molecule has 0 aliphatic rings. The molecule has 0 radical (unpaired) electrons. The summed E-state index contributed by atoms with van der Waals surface area (Å²) >= 11 is 6.21. The molecule has 0 aliphatic heterocycles. The van der Waals surface area contributed by atoms with Crippen LogP contribution in [0.25, 0.3) is 0 Å². The van der Waals surface area contributed by atoms with Gasteiger partial charge in [-0.05, 0) is 70.4 Å². The highest BCUT2D eigenvalue weighted by Crippen LogP contribution is 2.26. The van der Waals surface area contributed by atoms with Gasteiger partial charge < -0.3 is 15.0 Å². The third kappa shape index (κ3) is 6.49. The number of halogens is 1. The number of carbonyl (C=O) groups excluding carboxylic acids is 2. The largest absolute Gasteiger partial charge is 0.484 e. The molecule has 0 saturated carbocycles. The number of hydrogen-bond donors (Lipinski definition) is 1. The van der Waals surface area contributed by atoms with E-state index in [9.17, 15) is 9.59 Å². The maximum Gasteiger partial charge on any atom is 0.261 e. The van der Waals surface area contributed by atoms with Crippen molar-refractivity contribution < 1.29 is 14.3 Å². The summed E-state index contributed by atoms with van der Waals surface area (Å²) in [7, 11) is 0. The van der Waals surface area contributed by atoms with E-state index in [1.807, 2.05) is 71.0 Å². The maximum absolute atomic E-state index is 13.1. The molecule has 1 atom stereocenters. The van der Waals surface area contributed by atoms with E-state index in [2.05, 4.69) is 5.32 Å². The molecule has 0 aliphatic carbocycles. The monoisotopic (exact) mass is 430 g/mol. The maximum atomic E-state index is 13.1. The van der Waals surface area contributed by atoms with Gasteiger partial charge in [-0.2, -0.15) is 0 Å². The minimum absolute atomic E-state index is 0.00690. The van der Waals surface area contributed by atoms with Crippen LogP contribution in [0.4, 0.5) is 0 Å². The second-order valence-electron chi connectivity index (χ2n) is 8.01. The molecule has 162 valence electrons. The van der Waals surface area contributed by atoms with Crippen molar-refractivity contribution in [1.29, 1.82) is 0 Å². The van der Waals surface area contributed by atoms with Gasteiger partial charge in [-0.3, -0.25) is 9.59 Å². The van der Waals surface area contributed by atoms with Crippen LogP contribution in [0, 0.1) is 20.8 Å². The number of ether oxygens (including phenoxy) is 1. The van der Waals surface area contributed by atoms with Crippen LogP contribution in [0.5, 0.6) is 5.75 Å². The third-order valence-electron chi connectivity index (χ3n) is 4.84. The van der Waals surface area contributed by atoms with Crippen molar-refractivity contribution in [3.05, 3.63) is 63.7 Å². The average Bonchev–Trinajstić information content (AvgIpc) is 2.68. The van der Waals surface area contributed by atoms with Crippen LogP contribution in [0.2, 0.25) is 5.02 Å². The molecule has 0 heterocycles. The first-order valence-corrected chi connectivity index (χ1v) is 10.5. The first-order chi connectivity index (χ1) is 14.1. The Kier molecular flexibility index (Phi) is 8.30. The van der Waals surface area contributed by atoms with E-state index in [0.717, 1.165) is 22.3 Å². The zero-order valence-electron chi connectivity index (χ0n) is 18.6. The summed E-state index contributed by atoms with van der Waals surface area (Å²) < 4.78 is 5.75. The molecule has 2 aromatic rings. The fourth-order valence-electron chi connectivity index (χ4n) is 3.10. The van der Waals surface area contributed by atoms with Crippen LogP contribution >= 0.6 is 11.6 Å². The fraction of sp³-hybridized carbons (Fsp3) is 0.417. The Morgan fingerprint density at radius 2 is 1.60 bits per heavy atom. The molecule has 1 N–H and O–H groups in total. The molecule has 0 bridgehead atoms. The summed E-state index contributed by atoms with van der Waals surface area (Å²) in [4.78, 5) is 27.2. The van der Waals surface area contributed by atoms with Crippen LogP contribution in [-0.2, 0) is 16.1 Å². The Morgan fingerprint density at radius 3 is 2.13 bits per heavy atom. The Morgan fingerprint density at radius 1 is 1.03 bits per heavy atom. The first-order valence-electron chi connectivity index (χ1n) is 10.1. The number of rotatable bonds is 8. The first kappa shape index (κ1) is 23.7. The predicted molar refractivity (Wildman–Crippen MR) is 121 cm³/mol. The molecule has 2 amide bonds. The molecule has 6 heteroatoms. The van der Waals surface area contributed by atoms with Crippen LogP contribution in [-0.4, -0.2) is 35.4 Å². The zero-order valence-corrected chi connectivity index (χ0v) is 19.3. The second-order valence-corrected chi connectivity index (χ2v) is 8.38. The van der Waals surface area contributed by atoms with Crippen LogP contribution in [0.15, 0.2) is 36.4 Å². The molecule has 2 aromatic carbocycles. The zero-order chi connectivity index (χ0) is 22.4. The second kappa shape index (κ2) is 10.5. The minimum atomic E-state index is -0.626. The molecule has 30 heavy (non-hydrogen) atoms. The van der Waals surface area contributed by atoms with Gasteiger partial charge in [-0.1, -0.05) is 41.4 Å². The number of aryl methyl sites for hydroxylation is 3. The smallest absolute Gasteiger partial charge is 0.261 e. The van der Waals surface area contributed by atoms with Crippen molar-refractivity contribution in [2.24, 2.45) is 0 Å². The lowest BCUT2D eigenvalue weighted by molar-refractivity contribution is -0.142. The Balaban J connectivity index is 2.18. The molecular formula is C24H31ClN2O3. The van der Waals surface area contributed by atoms with E-state index < -0.39 is 6.04 Å². The van der Waals surface area contributed by atoms with Gasteiger partial charge in [0.05, 0.1) is 0 Å². The standard InChI is InChI=1S/C24H31ClN2O3/c1-15(2)26-24(29)19(6)27(13-20-9-7-16(3)8-10-20)22(28)14-30-21-11-17(4)23(25)18(5)12-21/h7-12,15,19H,13-14H2,1-6H3,(H,26,29)/t19-/m1/s1. The van der Waals surface area contributed by atoms with E-state index in [0.29, 0.717) is 17.3 Å². The molecular weight excluding hydrogens is 400 g/mol. The van der Waals surface area contributed by atoms with Gasteiger partial charge in [0.25, 0.3) is 5.91 Å². The van der Waals surface area contributed by atoms with E-state index >= 15 is 0 Å². The lowest BCUT2D eigenvalue weighted by atomic mass is 10.1. The van der Waals surface area contributed by atoms with Crippen molar-refractivity contribution >= 4 is 23.4 Å². The lowest BCUT2D eigenvalue weighted by Gasteiger charge is -2.29. The topological polar surface area (TPSA) is 58.6 Å². The van der Waals surface area contributed by atoms with Gasteiger partial charge in [-0.25, -0.2) is 0 Å². The number of amides is 2. The van der Waals surface area contributed by atoms with Crippen molar-refractivity contribution in [3.63, 3.8) is 0 Å². The predicted octanol–water partition coefficient (Wildman–Crippen LogP) is 4.59. The number of benzene rings is 2. The van der Waals surface area contributed by atoms with Crippen LogP contribution < -0.4 is 10.1 Å². The molecule has 0 spiro atoms. The minimum Gasteiger partial charge on any atom is -0.484 e. The molecule has 0 unspecified atom stereocenters. The van der Waals surface area contributed by atoms with Crippen molar-refractivity contribution in [3.8, 4) is 5.75 Å². The molecule has 5 nitrogen and oxygen atoms in total. The average molecular weight is 431 g/mol. The number of carbonyl (C=O) groups is 2. The highest BCUT2D eigenvalue weighted by atomic mass is 35.5. The van der Waals surface area contributed by atoms with E-state index in [1.54, 1.807) is 11.8 Å². The Hall–Kier alpha value is -2.53.